The van der Waals surface area contributed by atoms with Crippen LogP contribution in [0.5, 0.6) is 0 Å². The number of sulfonamides is 1. The lowest BCUT2D eigenvalue weighted by Crippen LogP contribution is -2.22. The molecule has 0 aliphatic heterocycles. The number of halogens is 1. The normalized spacial score (nSPS) is 11.5. The SMILES string of the molecule is CN(C)S(=O)(=O)c1ccc(-c2csc(NC(=O)c3ccc([N+](=O)[O-])cc3Cl)n2)cc1. The molecule has 1 amide bonds. The van der Waals surface area contributed by atoms with E-state index >= 15 is 0 Å². The first-order valence-corrected chi connectivity index (χ1v) is 11.0. The molecule has 0 spiro atoms. The van der Waals surface area contributed by atoms with E-state index in [0.717, 1.165) is 10.4 Å². The van der Waals surface area contributed by atoms with Gasteiger partial charge in [0, 0.05) is 37.2 Å². The van der Waals surface area contributed by atoms with Crippen LogP contribution in [-0.2, 0) is 10.0 Å². The smallest absolute Gasteiger partial charge is 0.270 e. The van der Waals surface area contributed by atoms with E-state index in [1.54, 1.807) is 17.5 Å². The summed E-state index contributed by atoms with van der Waals surface area (Å²) in [6, 6.07) is 9.80. The monoisotopic (exact) mass is 466 g/mol. The van der Waals surface area contributed by atoms with Crippen LogP contribution in [0.2, 0.25) is 5.02 Å². The van der Waals surface area contributed by atoms with E-state index in [9.17, 15) is 23.3 Å². The fraction of sp³-hybridized carbons (Fsp3) is 0.111. The molecule has 30 heavy (non-hydrogen) atoms. The van der Waals surface area contributed by atoms with Crippen molar-refractivity contribution in [3.05, 3.63) is 68.5 Å². The number of nitrogens with one attached hydrogen (secondary N) is 1. The third-order valence-electron chi connectivity index (χ3n) is 4.06. The van der Waals surface area contributed by atoms with E-state index in [4.69, 9.17) is 11.6 Å². The molecule has 0 bridgehead atoms. The van der Waals surface area contributed by atoms with Crippen LogP contribution in [0.25, 0.3) is 11.3 Å². The summed E-state index contributed by atoms with van der Waals surface area (Å²) < 4.78 is 25.4. The van der Waals surface area contributed by atoms with Crippen molar-refractivity contribution in [1.29, 1.82) is 0 Å². The minimum atomic E-state index is -3.53. The lowest BCUT2D eigenvalue weighted by molar-refractivity contribution is -0.384. The molecular weight excluding hydrogens is 452 g/mol. The Balaban J connectivity index is 1.77. The summed E-state index contributed by atoms with van der Waals surface area (Å²) in [5.74, 6) is -0.553. The summed E-state index contributed by atoms with van der Waals surface area (Å²) in [4.78, 5) is 27.1. The Morgan fingerprint density at radius 2 is 1.87 bits per heavy atom. The van der Waals surface area contributed by atoms with E-state index < -0.39 is 20.9 Å². The van der Waals surface area contributed by atoms with Gasteiger partial charge in [0.1, 0.15) is 0 Å². The highest BCUT2D eigenvalue weighted by Gasteiger charge is 2.18. The molecule has 3 aromatic rings. The second-order valence-corrected chi connectivity index (χ2v) is 9.64. The Hall–Kier alpha value is -2.86. The predicted octanol–water partition coefficient (Wildman–Crippen LogP) is 3.87. The highest BCUT2D eigenvalue weighted by atomic mass is 35.5. The standard InChI is InChI=1S/C18H15ClN4O5S2/c1-22(2)30(27,28)13-6-3-11(4-7-13)16-10-29-18(20-16)21-17(24)14-8-5-12(23(25)26)9-15(14)19/h3-10H,1-2H3,(H,20,21,24). The number of hydrogen-bond donors (Lipinski definition) is 1. The van der Waals surface area contributed by atoms with Crippen LogP contribution in [0.3, 0.4) is 0 Å². The number of anilines is 1. The van der Waals surface area contributed by atoms with E-state index in [2.05, 4.69) is 10.3 Å². The van der Waals surface area contributed by atoms with E-state index in [0.29, 0.717) is 16.4 Å². The fourth-order valence-electron chi connectivity index (χ4n) is 2.44. The molecule has 1 aromatic heterocycles. The van der Waals surface area contributed by atoms with Crippen molar-refractivity contribution in [2.24, 2.45) is 0 Å². The molecule has 0 aliphatic rings. The van der Waals surface area contributed by atoms with Gasteiger partial charge in [0.15, 0.2) is 5.13 Å². The van der Waals surface area contributed by atoms with Crippen LogP contribution in [0.15, 0.2) is 52.7 Å². The van der Waals surface area contributed by atoms with Crippen molar-refractivity contribution in [3.63, 3.8) is 0 Å². The number of hydrogen-bond acceptors (Lipinski definition) is 7. The minimum Gasteiger partial charge on any atom is -0.298 e. The number of carbonyl (C=O) groups excluding carboxylic acids is 1. The van der Waals surface area contributed by atoms with Crippen molar-refractivity contribution in [2.75, 3.05) is 19.4 Å². The molecule has 0 saturated carbocycles. The summed E-state index contributed by atoms with van der Waals surface area (Å²) >= 11 is 7.15. The van der Waals surface area contributed by atoms with Gasteiger partial charge in [-0.2, -0.15) is 0 Å². The second kappa shape index (κ2) is 8.48. The van der Waals surface area contributed by atoms with Crippen molar-refractivity contribution < 1.29 is 18.1 Å². The summed E-state index contributed by atoms with van der Waals surface area (Å²) in [5, 5.41) is 15.3. The number of amides is 1. The molecule has 1 heterocycles. The molecule has 0 atom stereocenters. The van der Waals surface area contributed by atoms with Crippen LogP contribution in [0.4, 0.5) is 10.8 Å². The van der Waals surface area contributed by atoms with Gasteiger partial charge >= 0.3 is 0 Å². The molecule has 0 fully saturated rings. The number of nitro groups is 1. The summed E-state index contributed by atoms with van der Waals surface area (Å²) in [5.41, 5.74) is 1.10. The molecular formula is C18H15ClN4O5S2. The molecule has 0 unspecified atom stereocenters. The molecule has 12 heteroatoms. The first-order valence-electron chi connectivity index (χ1n) is 8.33. The highest BCUT2D eigenvalue weighted by Crippen LogP contribution is 2.28. The summed E-state index contributed by atoms with van der Waals surface area (Å²) in [6.45, 7) is 0. The maximum atomic E-state index is 12.4. The van der Waals surface area contributed by atoms with Crippen molar-refractivity contribution >= 4 is 49.7 Å². The van der Waals surface area contributed by atoms with Gasteiger partial charge in [-0.25, -0.2) is 17.7 Å². The topological polar surface area (TPSA) is 123 Å². The molecule has 1 N–H and O–H groups in total. The minimum absolute atomic E-state index is 0.0452. The van der Waals surface area contributed by atoms with Crippen molar-refractivity contribution in [3.8, 4) is 11.3 Å². The highest BCUT2D eigenvalue weighted by molar-refractivity contribution is 7.89. The second-order valence-electron chi connectivity index (χ2n) is 6.23. The van der Waals surface area contributed by atoms with E-state index in [-0.39, 0.29) is 21.2 Å². The van der Waals surface area contributed by atoms with Crippen LogP contribution >= 0.6 is 22.9 Å². The van der Waals surface area contributed by atoms with E-state index in [1.807, 2.05) is 0 Å². The van der Waals surface area contributed by atoms with Crippen LogP contribution in [0.1, 0.15) is 10.4 Å². The van der Waals surface area contributed by atoms with Crippen LogP contribution in [0, 0.1) is 10.1 Å². The Bertz CT molecular complexity index is 1220. The largest absolute Gasteiger partial charge is 0.298 e. The number of rotatable bonds is 6. The van der Waals surface area contributed by atoms with Crippen molar-refractivity contribution in [2.45, 2.75) is 4.90 Å². The zero-order valence-electron chi connectivity index (χ0n) is 15.7. The predicted molar refractivity (Wildman–Crippen MR) is 114 cm³/mol. The summed E-state index contributed by atoms with van der Waals surface area (Å²) in [6.07, 6.45) is 0. The number of thiazole rings is 1. The molecule has 0 saturated heterocycles. The lowest BCUT2D eigenvalue weighted by atomic mass is 10.2. The van der Waals surface area contributed by atoms with Gasteiger partial charge in [-0.3, -0.25) is 20.2 Å². The molecule has 9 nitrogen and oxygen atoms in total. The molecule has 0 radical (unpaired) electrons. The van der Waals surface area contributed by atoms with E-state index in [1.165, 1.54) is 49.7 Å². The number of carbonyl (C=O) groups is 1. The number of aromatic nitrogens is 1. The molecule has 156 valence electrons. The van der Waals surface area contributed by atoms with Gasteiger partial charge in [0.2, 0.25) is 10.0 Å². The molecule has 0 aliphatic carbocycles. The number of nitrogens with zero attached hydrogens (tertiary/aromatic N) is 3. The van der Waals surface area contributed by atoms with Gasteiger partial charge in [-0.15, -0.1) is 11.3 Å². The Morgan fingerprint density at radius 3 is 2.43 bits per heavy atom. The average Bonchev–Trinajstić information content (AvgIpc) is 3.16. The Kier molecular flexibility index (Phi) is 6.17. The van der Waals surface area contributed by atoms with Gasteiger partial charge in [0.25, 0.3) is 11.6 Å². The average molecular weight is 467 g/mol. The maximum absolute atomic E-state index is 12.4. The lowest BCUT2D eigenvalue weighted by Gasteiger charge is -2.11. The zero-order chi connectivity index (χ0) is 22.1. The maximum Gasteiger partial charge on any atom is 0.270 e. The number of benzene rings is 2. The van der Waals surface area contributed by atoms with Gasteiger partial charge in [-0.05, 0) is 18.2 Å². The first kappa shape index (κ1) is 21.8. The zero-order valence-corrected chi connectivity index (χ0v) is 18.1. The summed E-state index contributed by atoms with van der Waals surface area (Å²) in [7, 11) is -0.617. The van der Waals surface area contributed by atoms with Gasteiger partial charge in [0.05, 0.1) is 26.1 Å². The van der Waals surface area contributed by atoms with Crippen LogP contribution in [-0.4, -0.2) is 42.6 Å². The van der Waals surface area contributed by atoms with Gasteiger partial charge in [-0.1, -0.05) is 23.7 Å². The first-order chi connectivity index (χ1) is 14.1. The van der Waals surface area contributed by atoms with Gasteiger partial charge < -0.3 is 0 Å². The third-order valence-corrected chi connectivity index (χ3v) is 6.96. The quantitative estimate of drug-likeness (QED) is 0.434. The Labute approximate surface area is 181 Å². The number of nitro benzene ring substituents is 1. The number of non-ortho nitro benzene ring substituents is 1. The molecule has 3 rings (SSSR count). The molecule has 2 aromatic carbocycles. The Morgan fingerprint density at radius 1 is 1.20 bits per heavy atom. The van der Waals surface area contributed by atoms with Crippen LogP contribution < -0.4 is 5.32 Å². The fourth-order valence-corrected chi connectivity index (χ4v) is 4.32. The van der Waals surface area contributed by atoms with Crippen molar-refractivity contribution in [1.82, 2.24) is 9.29 Å². The third kappa shape index (κ3) is 4.49.